The van der Waals surface area contributed by atoms with E-state index in [0.717, 1.165) is 36.8 Å². The molecule has 5 rings (SSSR count). The third-order valence-corrected chi connectivity index (χ3v) is 6.71. The van der Waals surface area contributed by atoms with Crippen molar-refractivity contribution in [1.82, 2.24) is 15.5 Å². The van der Waals surface area contributed by atoms with Gasteiger partial charge in [-0.15, -0.1) is 0 Å². The second-order valence-electron chi connectivity index (χ2n) is 9.70. The Morgan fingerprint density at radius 3 is 1.97 bits per heavy atom. The number of hydrogen-bond donors (Lipinski definition) is 2. The van der Waals surface area contributed by atoms with Gasteiger partial charge in [0.1, 0.15) is 0 Å². The zero-order chi connectivity index (χ0) is 24.9. The second kappa shape index (κ2) is 10.8. The molecule has 0 radical (unpaired) electrons. The van der Waals surface area contributed by atoms with Gasteiger partial charge in [-0.25, -0.2) is 0 Å². The summed E-state index contributed by atoms with van der Waals surface area (Å²) in [5.74, 6) is -0.232. The van der Waals surface area contributed by atoms with Gasteiger partial charge in [0.15, 0.2) is 0 Å². The van der Waals surface area contributed by atoms with Crippen molar-refractivity contribution in [3.63, 3.8) is 0 Å². The molecule has 36 heavy (non-hydrogen) atoms. The lowest BCUT2D eigenvalue weighted by molar-refractivity contribution is -0.133. The lowest BCUT2D eigenvalue weighted by Gasteiger charge is -2.26. The fraction of sp³-hybridized carbons (Fsp3) is 0.300. The lowest BCUT2D eigenvalue weighted by Crippen LogP contribution is -2.37. The highest BCUT2D eigenvalue weighted by molar-refractivity contribution is 5.95. The lowest BCUT2D eigenvalue weighted by atomic mass is 10.0. The van der Waals surface area contributed by atoms with Crippen molar-refractivity contribution in [2.75, 3.05) is 0 Å². The number of hydrogen-bond acceptors (Lipinski definition) is 3. The van der Waals surface area contributed by atoms with Crippen molar-refractivity contribution in [2.24, 2.45) is 0 Å². The molecule has 2 N–H and O–H groups in total. The summed E-state index contributed by atoms with van der Waals surface area (Å²) in [6.45, 7) is 0.488. The average molecular weight is 482 g/mol. The summed E-state index contributed by atoms with van der Waals surface area (Å²) in [7, 11) is 0. The Bertz CT molecular complexity index is 1200. The highest BCUT2D eigenvalue weighted by Gasteiger charge is 2.34. The van der Waals surface area contributed by atoms with E-state index in [1.807, 2.05) is 77.7 Å². The van der Waals surface area contributed by atoms with Crippen LogP contribution in [0.25, 0.3) is 0 Å². The number of carbonyl (C=O) groups excluding carboxylic acids is 3. The van der Waals surface area contributed by atoms with Crippen molar-refractivity contribution in [3.05, 3.63) is 107 Å². The molecular formula is C30H31N3O3. The Kier molecular flexibility index (Phi) is 7.12. The van der Waals surface area contributed by atoms with Crippen LogP contribution in [-0.4, -0.2) is 34.7 Å². The van der Waals surface area contributed by atoms with E-state index in [2.05, 4.69) is 10.6 Å². The maximum absolute atomic E-state index is 13.5. The van der Waals surface area contributed by atoms with E-state index in [9.17, 15) is 14.4 Å². The molecule has 3 amide bonds. The number of rotatable bonds is 10. The Hall–Kier alpha value is -3.93. The van der Waals surface area contributed by atoms with E-state index in [-0.39, 0.29) is 30.2 Å². The van der Waals surface area contributed by atoms with Gasteiger partial charge in [0, 0.05) is 29.8 Å². The molecule has 3 aromatic carbocycles. The van der Waals surface area contributed by atoms with Gasteiger partial charge < -0.3 is 15.5 Å². The van der Waals surface area contributed by atoms with Crippen LogP contribution >= 0.6 is 0 Å². The molecule has 0 bridgehead atoms. The first-order valence-electron chi connectivity index (χ1n) is 12.7. The van der Waals surface area contributed by atoms with Crippen molar-refractivity contribution in [3.8, 4) is 0 Å². The van der Waals surface area contributed by atoms with Crippen LogP contribution in [0.1, 0.15) is 70.0 Å². The van der Waals surface area contributed by atoms with E-state index in [4.69, 9.17) is 0 Å². The van der Waals surface area contributed by atoms with Crippen LogP contribution in [0, 0.1) is 0 Å². The highest BCUT2D eigenvalue weighted by atomic mass is 16.2. The number of amides is 3. The van der Waals surface area contributed by atoms with Gasteiger partial charge in [-0.3, -0.25) is 14.4 Å². The zero-order valence-electron chi connectivity index (χ0n) is 20.2. The first-order valence-corrected chi connectivity index (χ1v) is 12.7. The van der Waals surface area contributed by atoms with Crippen LogP contribution < -0.4 is 10.6 Å². The predicted molar refractivity (Wildman–Crippen MR) is 138 cm³/mol. The molecular weight excluding hydrogens is 450 g/mol. The van der Waals surface area contributed by atoms with Gasteiger partial charge in [-0.2, -0.15) is 0 Å². The van der Waals surface area contributed by atoms with Gasteiger partial charge in [0.2, 0.25) is 5.91 Å². The molecule has 1 atom stereocenters. The monoisotopic (exact) mass is 481 g/mol. The molecule has 0 aliphatic heterocycles. The molecule has 6 nitrogen and oxygen atoms in total. The molecule has 0 saturated heterocycles. The molecule has 0 heterocycles. The van der Waals surface area contributed by atoms with E-state index >= 15 is 0 Å². The van der Waals surface area contributed by atoms with Gasteiger partial charge in [0.25, 0.3) is 11.8 Å². The summed E-state index contributed by atoms with van der Waals surface area (Å²) in [4.78, 5) is 40.7. The summed E-state index contributed by atoms with van der Waals surface area (Å²) in [5.41, 5.74) is 3.10. The van der Waals surface area contributed by atoms with Crippen LogP contribution in [0.2, 0.25) is 0 Å². The fourth-order valence-corrected chi connectivity index (χ4v) is 4.32. The van der Waals surface area contributed by atoms with E-state index in [1.54, 1.807) is 12.1 Å². The van der Waals surface area contributed by atoms with Crippen LogP contribution in [0.4, 0.5) is 0 Å². The smallest absolute Gasteiger partial charge is 0.251 e. The van der Waals surface area contributed by atoms with Crippen molar-refractivity contribution in [1.29, 1.82) is 0 Å². The number of nitrogens with one attached hydrogen (secondary N) is 2. The summed E-state index contributed by atoms with van der Waals surface area (Å²) in [6, 6.07) is 26.3. The topological polar surface area (TPSA) is 78.5 Å². The molecule has 1 unspecified atom stereocenters. The molecule has 184 valence electrons. The summed E-state index contributed by atoms with van der Waals surface area (Å²) >= 11 is 0. The van der Waals surface area contributed by atoms with Crippen LogP contribution in [0.3, 0.4) is 0 Å². The van der Waals surface area contributed by atoms with Gasteiger partial charge in [0.05, 0.1) is 12.5 Å². The fourth-order valence-electron chi connectivity index (χ4n) is 4.32. The molecule has 2 fully saturated rings. The molecule has 2 saturated carbocycles. The Morgan fingerprint density at radius 1 is 0.750 bits per heavy atom. The minimum Gasteiger partial charge on any atom is -0.349 e. The highest BCUT2D eigenvalue weighted by Crippen LogP contribution is 2.31. The normalized spacial score (nSPS) is 15.6. The number of nitrogens with zero attached hydrogens (tertiary/aromatic N) is 1. The van der Waals surface area contributed by atoms with E-state index < -0.39 is 6.04 Å². The van der Waals surface area contributed by atoms with Crippen molar-refractivity contribution >= 4 is 17.7 Å². The van der Waals surface area contributed by atoms with Crippen LogP contribution in [0.15, 0.2) is 84.9 Å². The molecule has 6 heteroatoms. The standard InChI is InChI=1S/C30H31N3O3/c34-28(19-27(22-7-3-1-4-8-22)32-30(36)23-9-5-2-6-10-23)33(26-17-18-26)20-21-11-13-24(14-12-21)29(35)31-25-15-16-25/h1-14,25-27H,15-20H2,(H,31,35)(H,32,36). The van der Waals surface area contributed by atoms with Gasteiger partial charge >= 0.3 is 0 Å². The van der Waals surface area contributed by atoms with E-state index in [1.165, 1.54) is 0 Å². The summed E-state index contributed by atoms with van der Waals surface area (Å²) < 4.78 is 0. The number of benzene rings is 3. The Morgan fingerprint density at radius 2 is 1.36 bits per heavy atom. The summed E-state index contributed by atoms with van der Waals surface area (Å²) in [5, 5.41) is 6.07. The number of carbonyl (C=O) groups is 3. The maximum Gasteiger partial charge on any atom is 0.251 e. The van der Waals surface area contributed by atoms with Crippen molar-refractivity contribution in [2.45, 2.75) is 56.8 Å². The minimum absolute atomic E-state index is 0.00951. The minimum atomic E-state index is -0.429. The van der Waals surface area contributed by atoms with Gasteiger partial charge in [-0.05, 0) is 61.1 Å². The largest absolute Gasteiger partial charge is 0.349 e. The van der Waals surface area contributed by atoms with Gasteiger partial charge in [-0.1, -0.05) is 60.7 Å². The molecule has 2 aliphatic carbocycles. The predicted octanol–water partition coefficient (Wildman–Crippen LogP) is 4.63. The van der Waals surface area contributed by atoms with Crippen molar-refractivity contribution < 1.29 is 14.4 Å². The summed E-state index contributed by atoms with van der Waals surface area (Å²) in [6.07, 6.45) is 4.26. The average Bonchev–Trinajstić information content (AvgIpc) is 3.84. The third kappa shape index (κ3) is 6.19. The quantitative estimate of drug-likeness (QED) is 0.443. The van der Waals surface area contributed by atoms with Crippen LogP contribution in [0.5, 0.6) is 0 Å². The second-order valence-corrected chi connectivity index (χ2v) is 9.70. The Labute approximate surface area is 211 Å². The molecule has 0 spiro atoms. The third-order valence-electron chi connectivity index (χ3n) is 6.71. The molecule has 0 aromatic heterocycles. The molecule has 2 aliphatic rings. The first-order chi connectivity index (χ1) is 17.6. The zero-order valence-corrected chi connectivity index (χ0v) is 20.2. The maximum atomic E-state index is 13.5. The first kappa shape index (κ1) is 23.8. The molecule has 3 aromatic rings. The SMILES string of the molecule is O=C(NC1CC1)c1ccc(CN(C(=O)CC(NC(=O)c2ccccc2)c2ccccc2)C2CC2)cc1. The van der Waals surface area contributed by atoms with E-state index in [0.29, 0.717) is 23.7 Å². The van der Waals surface area contributed by atoms with Crippen LogP contribution in [-0.2, 0) is 11.3 Å². The Balaban J connectivity index is 1.28.